The molecule has 0 unspecified atom stereocenters. The molecule has 1 aromatic rings. The minimum absolute atomic E-state index is 0.237. The topological polar surface area (TPSA) is 41.6 Å². The number of hydrogen-bond donors (Lipinski definition) is 1. The summed E-state index contributed by atoms with van der Waals surface area (Å²) in [5, 5.41) is 3.44. The highest BCUT2D eigenvalue weighted by Crippen LogP contribution is 2.39. The van der Waals surface area contributed by atoms with Crippen LogP contribution in [-0.2, 0) is 4.79 Å². The molecule has 2 heterocycles. The number of nitrogens with zero attached hydrogens (tertiary/aromatic N) is 1. The van der Waals surface area contributed by atoms with E-state index in [9.17, 15) is 4.79 Å². The largest absolute Gasteiger partial charge is 0.493 e. The number of likely N-dealkylation sites (tertiary alicyclic amines) is 1. The summed E-state index contributed by atoms with van der Waals surface area (Å²) in [7, 11) is 0. The van der Waals surface area contributed by atoms with E-state index in [1.807, 2.05) is 36.1 Å². The summed E-state index contributed by atoms with van der Waals surface area (Å²) >= 11 is 0. The molecule has 1 spiro atoms. The molecule has 4 nitrogen and oxygen atoms in total. The summed E-state index contributed by atoms with van der Waals surface area (Å²) in [6, 6.07) is 7.98. The lowest BCUT2D eigenvalue weighted by atomic mass is 9.71. The van der Waals surface area contributed by atoms with Gasteiger partial charge in [-0.1, -0.05) is 12.1 Å². The second-order valence-corrected chi connectivity index (χ2v) is 7.05. The quantitative estimate of drug-likeness (QED) is 0.929. The second-order valence-electron chi connectivity index (χ2n) is 7.05. The van der Waals surface area contributed by atoms with Crippen LogP contribution in [0.5, 0.6) is 5.75 Å². The zero-order valence-electron chi connectivity index (χ0n) is 14.1. The van der Waals surface area contributed by atoms with Crippen LogP contribution in [-0.4, -0.2) is 43.6 Å². The van der Waals surface area contributed by atoms with Crippen LogP contribution in [0.4, 0.5) is 0 Å². The summed E-state index contributed by atoms with van der Waals surface area (Å²) in [5.41, 5.74) is 1.68. The summed E-state index contributed by atoms with van der Waals surface area (Å²) < 4.78 is 5.70. The summed E-state index contributed by atoms with van der Waals surface area (Å²) in [6.07, 6.45) is 5.35. The maximum atomic E-state index is 12.4. The van der Waals surface area contributed by atoms with Crippen LogP contribution in [0.1, 0.15) is 37.7 Å². The Kier molecular flexibility index (Phi) is 5.21. The number of carbonyl (C=O) groups is 1. The van der Waals surface area contributed by atoms with Gasteiger partial charge in [0.05, 0.1) is 13.0 Å². The van der Waals surface area contributed by atoms with Gasteiger partial charge >= 0.3 is 0 Å². The Hall–Kier alpha value is -1.55. The van der Waals surface area contributed by atoms with Crippen LogP contribution in [0.3, 0.4) is 0 Å². The first-order valence-electron chi connectivity index (χ1n) is 8.85. The molecule has 0 atom stereocenters. The first-order chi connectivity index (χ1) is 11.2. The van der Waals surface area contributed by atoms with Gasteiger partial charge in [-0.15, -0.1) is 0 Å². The van der Waals surface area contributed by atoms with Crippen molar-refractivity contribution in [3.63, 3.8) is 0 Å². The monoisotopic (exact) mass is 316 g/mol. The van der Waals surface area contributed by atoms with Gasteiger partial charge in [0.1, 0.15) is 5.75 Å². The van der Waals surface area contributed by atoms with Crippen LogP contribution >= 0.6 is 0 Å². The van der Waals surface area contributed by atoms with Gasteiger partial charge < -0.3 is 15.0 Å². The van der Waals surface area contributed by atoms with Crippen LogP contribution in [0, 0.1) is 12.3 Å². The summed E-state index contributed by atoms with van der Waals surface area (Å²) in [5.74, 6) is 1.09. The average molecular weight is 316 g/mol. The Balaban J connectivity index is 1.41. The fourth-order valence-corrected chi connectivity index (χ4v) is 3.81. The van der Waals surface area contributed by atoms with E-state index >= 15 is 0 Å². The van der Waals surface area contributed by atoms with E-state index in [0.29, 0.717) is 18.4 Å². The number of ether oxygens (including phenoxy) is 1. The molecule has 0 saturated carbocycles. The van der Waals surface area contributed by atoms with Gasteiger partial charge in [0.25, 0.3) is 0 Å². The van der Waals surface area contributed by atoms with Crippen molar-refractivity contribution in [2.24, 2.45) is 5.41 Å². The van der Waals surface area contributed by atoms with Crippen molar-refractivity contribution >= 4 is 5.91 Å². The van der Waals surface area contributed by atoms with Crippen LogP contribution in [0.15, 0.2) is 24.3 Å². The van der Waals surface area contributed by atoms with Crippen molar-refractivity contribution < 1.29 is 9.53 Å². The minimum atomic E-state index is 0.237. The van der Waals surface area contributed by atoms with Gasteiger partial charge in [-0.3, -0.25) is 4.79 Å². The molecule has 4 heteroatoms. The minimum Gasteiger partial charge on any atom is -0.493 e. The Morgan fingerprint density at radius 2 is 1.96 bits per heavy atom. The molecule has 23 heavy (non-hydrogen) atoms. The summed E-state index contributed by atoms with van der Waals surface area (Å²) in [4.78, 5) is 14.4. The number of piperidine rings is 2. The molecule has 2 aliphatic heterocycles. The number of rotatable bonds is 4. The molecule has 126 valence electrons. The van der Waals surface area contributed by atoms with Gasteiger partial charge in [0.15, 0.2) is 0 Å². The Morgan fingerprint density at radius 1 is 1.22 bits per heavy atom. The van der Waals surface area contributed by atoms with E-state index in [4.69, 9.17) is 4.74 Å². The van der Waals surface area contributed by atoms with Crippen LogP contribution < -0.4 is 10.1 Å². The highest BCUT2D eigenvalue weighted by molar-refractivity contribution is 5.76. The molecule has 1 amide bonds. The second kappa shape index (κ2) is 7.35. The smallest absolute Gasteiger partial charge is 0.225 e. The van der Waals surface area contributed by atoms with E-state index in [0.717, 1.165) is 31.9 Å². The number of hydrogen-bond acceptors (Lipinski definition) is 3. The van der Waals surface area contributed by atoms with Crippen molar-refractivity contribution in [2.75, 3.05) is 32.8 Å². The number of nitrogens with one attached hydrogen (secondary N) is 1. The fourth-order valence-electron chi connectivity index (χ4n) is 3.81. The molecule has 0 bridgehead atoms. The maximum absolute atomic E-state index is 12.4. The molecule has 0 radical (unpaired) electrons. The first kappa shape index (κ1) is 16.3. The number of aryl methyl sites for hydroxylation is 1. The zero-order valence-corrected chi connectivity index (χ0v) is 14.1. The van der Waals surface area contributed by atoms with E-state index in [1.165, 1.54) is 31.2 Å². The van der Waals surface area contributed by atoms with E-state index in [-0.39, 0.29) is 5.91 Å². The zero-order chi connectivity index (χ0) is 16.1. The lowest BCUT2D eigenvalue weighted by Crippen LogP contribution is -2.47. The maximum Gasteiger partial charge on any atom is 0.225 e. The van der Waals surface area contributed by atoms with Crippen molar-refractivity contribution in [1.82, 2.24) is 10.2 Å². The van der Waals surface area contributed by atoms with Gasteiger partial charge in [-0.05, 0) is 68.8 Å². The van der Waals surface area contributed by atoms with Gasteiger partial charge in [0, 0.05) is 13.1 Å². The van der Waals surface area contributed by atoms with E-state index in [1.54, 1.807) is 0 Å². The van der Waals surface area contributed by atoms with Crippen molar-refractivity contribution in [1.29, 1.82) is 0 Å². The molecule has 0 aliphatic carbocycles. The number of benzene rings is 1. The standard InChI is InChI=1S/C19H28N2O2/c1-16-3-2-4-17(15-16)23-14-5-18(22)21-12-8-19(9-13-21)6-10-20-11-7-19/h2-4,15,20H,5-14H2,1H3. The molecule has 0 aromatic heterocycles. The molecule has 2 aliphatic rings. The Morgan fingerprint density at radius 3 is 2.65 bits per heavy atom. The van der Waals surface area contributed by atoms with E-state index < -0.39 is 0 Å². The molecule has 2 fully saturated rings. The Bertz CT molecular complexity index is 528. The SMILES string of the molecule is Cc1cccc(OCCC(=O)N2CCC3(CCNCC3)CC2)c1. The highest BCUT2D eigenvalue weighted by Gasteiger charge is 2.36. The molecule has 2 saturated heterocycles. The normalized spacial score (nSPS) is 20.5. The van der Waals surface area contributed by atoms with Gasteiger partial charge in [-0.2, -0.15) is 0 Å². The molecule has 1 N–H and O–H groups in total. The lowest BCUT2D eigenvalue weighted by molar-refractivity contribution is -0.134. The van der Waals surface area contributed by atoms with Crippen LogP contribution in [0.25, 0.3) is 0 Å². The number of amides is 1. The third-order valence-corrected chi connectivity index (χ3v) is 5.42. The van der Waals surface area contributed by atoms with Crippen LogP contribution in [0.2, 0.25) is 0 Å². The first-order valence-corrected chi connectivity index (χ1v) is 8.85. The van der Waals surface area contributed by atoms with Gasteiger partial charge in [-0.25, -0.2) is 0 Å². The number of carbonyl (C=O) groups excluding carboxylic acids is 1. The third-order valence-electron chi connectivity index (χ3n) is 5.42. The molecular formula is C19H28N2O2. The van der Waals surface area contributed by atoms with Crippen molar-refractivity contribution in [3.05, 3.63) is 29.8 Å². The molecular weight excluding hydrogens is 288 g/mol. The highest BCUT2D eigenvalue weighted by atomic mass is 16.5. The predicted octanol–water partition coefficient (Wildman–Crippen LogP) is 2.76. The average Bonchev–Trinajstić information content (AvgIpc) is 2.56. The third kappa shape index (κ3) is 4.25. The summed E-state index contributed by atoms with van der Waals surface area (Å²) in [6.45, 7) is 6.62. The fraction of sp³-hybridized carbons (Fsp3) is 0.632. The van der Waals surface area contributed by atoms with Gasteiger partial charge in [0.2, 0.25) is 5.91 Å². The van der Waals surface area contributed by atoms with Crippen molar-refractivity contribution in [2.45, 2.75) is 39.0 Å². The lowest BCUT2D eigenvalue weighted by Gasteiger charge is -2.44. The molecule has 1 aromatic carbocycles. The van der Waals surface area contributed by atoms with E-state index in [2.05, 4.69) is 5.32 Å². The van der Waals surface area contributed by atoms with Crippen molar-refractivity contribution in [3.8, 4) is 5.75 Å². The molecule has 3 rings (SSSR count). The Labute approximate surface area is 139 Å². The predicted molar refractivity (Wildman–Crippen MR) is 91.6 cm³/mol.